The maximum absolute atomic E-state index is 11.8. The van der Waals surface area contributed by atoms with Crippen molar-refractivity contribution in [3.63, 3.8) is 0 Å². The number of nitrogens with one attached hydrogen (secondary N) is 2. The van der Waals surface area contributed by atoms with Crippen LogP contribution < -0.4 is 16.4 Å². The van der Waals surface area contributed by atoms with Crippen LogP contribution in [0, 0.1) is 5.92 Å². The fourth-order valence-corrected chi connectivity index (χ4v) is 4.18. The highest BCUT2D eigenvalue weighted by Crippen LogP contribution is 2.17. The molecule has 0 aliphatic carbocycles. The molecule has 1 aromatic carbocycles. The molecule has 1 fully saturated rings. The van der Waals surface area contributed by atoms with Gasteiger partial charge in [0.15, 0.2) is 9.84 Å². The van der Waals surface area contributed by atoms with Gasteiger partial charge in [-0.15, -0.1) is 0 Å². The lowest BCUT2D eigenvalue weighted by atomic mass is 10.1. The molecule has 1 aliphatic rings. The minimum atomic E-state index is -2.90. The summed E-state index contributed by atoms with van der Waals surface area (Å²) >= 11 is 0. The zero-order valence-corrected chi connectivity index (χ0v) is 12.8. The van der Waals surface area contributed by atoms with Crippen molar-refractivity contribution < 1.29 is 13.2 Å². The van der Waals surface area contributed by atoms with Crippen molar-refractivity contribution in [2.75, 3.05) is 23.4 Å². The Bertz CT molecular complexity index is 596. The average molecular weight is 311 g/mol. The van der Waals surface area contributed by atoms with Crippen LogP contribution in [0.15, 0.2) is 24.3 Å². The molecule has 7 heteroatoms. The number of benzene rings is 1. The normalized spacial score (nSPS) is 21.7. The van der Waals surface area contributed by atoms with E-state index in [2.05, 4.69) is 10.6 Å². The van der Waals surface area contributed by atoms with Gasteiger partial charge in [0.05, 0.1) is 11.5 Å². The van der Waals surface area contributed by atoms with Crippen LogP contribution in [0.2, 0.25) is 0 Å². The highest BCUT2D eigenvalue weighted by molar-refractivity contribution is 7.91. The Labute approximate surface area is 125 Å². The molecule has 1 saturated heterocycles. The van der Waals surface area contributed by atoms with E-state index >= 15 is 0 Å². The maximum atomic E-state index is 11.8. The van der Waals surface area contributed by atoms with Crippen molar-refractivity contribution in [1.82, 2.24) is 5.32 Å². The third-order valence-electron chi connectivity index (χ3n) is 3.57. The summed E-state index contributed by atoms with van der Waals surface area (Å²) < 4.78 is 22.7. The third kappa shape index (κ3) is 4.71. The summed E-state index contributed by atoms with van der Waals surface area (Å²) in [5.41, 5.74) is 7.43. The number of hydrogen-bond donors (Lipinski definition) is 3. The zero-order chi connectivity index (χ0) is 15.5. The molecule has 21 heavy (non-hydrogen) atoms. The molecule has 0 saturated carbocycles. The van der Waals surface area contributed by atoms with E-state index in [0.717, 1.165) is 5.56 Å². The zero-order valence-electron chi connectivity index (χ0n) is 12.0. The van der Waals surface area contributed by atoms with Crippen LogP contribution in [-0.2, 0) is 9.84 Å². The van der Waals surface area contributed by atoms with Gasteiger partial charge in [-0.1, -0.05) is 12.1 Å². The van der Waals surface area contributed by atoms with Gasteiger partial charge in [0, 0.05) is 18.3 Å². The summed E-state index contributed by atoms with van der Waals surface area (Å²) in [6, 6.07) is 6.94. The first kappa shape index (κ1) is 15.8. The summed E-state index contributed by atoms with van der Waals surface area (Å²) in [4.78, 5) is 11.8. The molecule has 2 rings (SSSR count). The number of carbonyl (C=O) groups is 1. The Hall–Kier alpha value is -1.60. The summed E-state index contributed by atoms with van der Waals surface area (Å²) in [5, 5.41) is 5.42. The molecule has 0 radical (unpaired) electrons. The van der Waals surface area contributed by atoms with Gasteiger partial charge in [-0.25, -0.2) is 13.2 Å². The highest BCUT2D eigenvalue weighted by atomic mass is 32.2. The number of anilines is 1. The van der Waals surface area contributed by atoms with E-state index < -0.39 is 9.84 Å². The molecular weight excluding hydrogens is 290 g/mol. The molecular formula is C14H21N3O3S. The first-order valence-electron chi connectivity index (χ1n) is 6.96. The monoisotopic (exact) mass is 311 g/mol. The predicted molar refractivity (Wildman–Crippen MR) is 82.8 cm³/mol. The molecule has 0 aromatic heterocycles. The molecule has 1 aliphatic heterocycles. The first-order valence-corrected chi connectivity index (χ1v) is 8.79. The molecule has 1 aromatic rings. The van der Waals surface area contributed by atoms with Crippen molar-refractivity contribution in [3.05, 3.63) is 29.8 Å². The predicted octanol–water partition coefficient (Wildman–Crippen LogP) is 1.26. The number of carbonyl (C=O) groups excluding carboxylic acids is 1. The van der Waals surface area contributed by atoms with Gasteiger partial charge in [0.25, 0.3) is 0 Å². The van der Waals surface area contributed by atoms with E-state index in [1.165, 1.54) is 0 Å². The molecule has 0 spiro atoms. The number of sulfone groups is 1. The molecule has 2 atom stereocenters. The first-order chi connectivity index (χ1) is 9.85. The van der Waals surface area contributed by atoms with E-state index in [4.69, 9.17) is 5.73 Å². The van der Waals surface area contributed by atoms with E-state index in [-0.39, 0.29) is 29.5 Å². The topological polar surface area (TPSA) is 101 Å². The van der Waals surface area contributed by atoms with Crippen LogP contribution in [0.3, 0.4) is 0 Å². The van der Waals surface area contributed by atoms with E-state index in [0.29, 0.717) is 18.7 Å². The van der Waals surface area contributed by atoms with E-state index in [1.807, 2.05) is 19.1 Å². The molecule has 4 N–H and O–H groups in total. The van der Waals surface area contributed by atoms with Crippen molar-refractivity contribution >= 4 is 21.6 Å². The van der Waals surface area contributed by atoms with Crippen LogP contribution >= 0.6 is 0 Å². The summed E-state index contributed by atoms with van der Waals surface area (Å²) in [6.07, 6.45) is 0.617. The average Bonchev–Trinajstić information content (AvgIpc) is 2.77. The van der Waals surface area contributed by atoms with E-state index in [9.17, 15) is 13.2 Å². The van der Waals surface area contributed by atoms with Crippen molar-refractivity contribution in [1.29, 1.82) is 0 Å². The quantitative estimate of drug-likeness (QED) is 0.779. The number of urea groups is 1. The van der Waals surface area contributed by atoms with Gasteiger partial charge < -0.3 is 16.4 Å². The summed E-state index contributed by atoms with van der Waals surface area (Å²) in [7, 11) is -2.90. The van der Waals surface area contributed by atoms with Crippen LogP contribution in [0.4, 0.5) is 10.5 Å². The number of nitrogens with two attached hydrogens (primary N) is 1. The Morgan fingerprint density at radius 2 is 2.05 bits per heavy atom. The molecule has 116 valence electrons. The van der Waals surface area contributed by atoms with Crippen LogP contribution in [-0.4, -0.2) is 32.5 Å². The standard InChI is InChI=1S/C14H21N3O3S/c1-10(15)12-2-4-13(5-3-12)17-14(18)16-8-11-6-7-21(19,20)9-11/h2-5,10-11H,6-9,15H2,1H3,(H2,16,17,18). The molecule has 1 heterocycles. The van der Waals surface area contributed by atoms with Crippen molar-refractivity contribution in [2.45, 2.75) is 19.4 Å². The molecule has 2 unspecified atom stereocenters. The Kier molecular flexibility index (Phi) is 4.84. The Morgan fingerprint density at radius 3 is 2.57 bits per heavy atom. The highest BCUT2D eigenvalue weighted by Gasteiger charge is 2.27. The fourth-order valence-electron chi connectivity index (χ4n) is 2.32. The van der Waals surface area contributed by atoms with Gasteiger partial charge in [-0.05, 0) is 37.0 Å². The summed E-state index contributed by atoms with van der Waals surface area (Å²) in [5.74, 6) is 0.400. The van der Waals surface area contributed by atoms with Gasteiger partial charge in [-0.3, -0.25) is 0 Å². The van der Waals surface area contributed by atoms with Crippen LogP contribution in [0.5, 0.6) is 0 Å². The summed E-state index contributed by atoms with van der Waals surface area (Å²) in [6.45, 7) is 2.27. The fraction of sp³-hybridized carbons (Fsp3) is 0.500. The SMILES string of the molecule is CC(N)c1ccc(NC(=O)NCC2CCS(=O)(=O)C2)cc1. The Morgan fingerprint density at radius 1 is 1.38 bits per heavy atom. The molecule has 0 bridgehead atoms. The second-order valence-electron chi connectivity index (χ2n) is 5.51. The number of amides is 2. The lowest BCUT2D eigenvalue weighted by molar-refractivity contribution is 0.250. The minimum Gasteiger partial charge on any atom is -0.338 e. The lowest BCUT2D eigenvalue weighted by Gasteiger charge is -2.12. The van der Waals surface area contributed by atoms with E-state index in [1.54, 1.807) is 12.1 Å². The largest absolute Gasteiger partial charge is 0.338 e. The van der Waals surface area contributed by atoms with Gasteiger partial charge in [0.1, 0.15) is 0 Å². The van der Waals surface area contributed by atoms with Crippen LogP contribution in [0.25, 0.3) is 0 Å². The third-order valence-corrected chi connectivity index (χ3v) is 5.41. The van der Waals surface area contributed by atoms with Gasteiger partial charge >= 0.3 is 6.03 Å². The minimum absolute atomic E-state index is 0.0150. The van der Waals surface area contributed by atoms with Crippen molar-refractivity contribution in [3.8, 4) is 0 Å². The number of hydrogen-bond acceptors (Lipinski definition) is 4. The maximum Gasteiger partial charge on any atom is 0.319 e. The van der Waals surface area contributed by atoms with Crippen LogP contribution in [0.1, 0.15) is 24.9 Å². The molecule has 6 nitrogen and oxygen atoms in total. The number of rotatable bonds is 4. The Balaban J connectivity index is 1.79. The molecule has 2 amide bonds. The van der Waals surface area contributed by atoms with Crippen molar-refractivity contribution in [2.24, 2.45) is 11.7 Å². The lowest BCUT2D eigenvalue weighted by Crippen LogP contribution is -2.33. The second kappa shape index (κ2) is 6.44. The second-order valence-corrected chi connectivity index (χ2v) is 7.74. The van der Waals surface area contributed by atoms with Gasteiger partial charge in [-0.2, -0.15) is 0 Å². The van der Waals surface area contributed by atoms with Gasteiger partial charge in [0.2, 0.25) is 0 Å². The smallest absolute Gasteiger partial charge is 0.319 e.